The van der Waals surface area contributed by atoms with E-state index in [0.717, 1.165) is 16.8 Å². The molecular formula is C34H32ClN3O4. The van der Waals surface area contributed by atoms with Gasteiger partial charge < -0.3 is 19.3 Å². The van der Waals surface area contributed by atoms with Crippen molar-refractivity contribution in [2.75, 3.05) is 50.2 Å². The molecule has 0 aliphatic carbocycles. The number of methoxy groups -OCH3 is 2. The summed E-state index contributed by atoms with van der Waals surface area (Å²) in [6, 6.07) is 29.7. The Labute approximate surface area is 250 Å². The molecule has 0 N–H and O–H groups in total. The molecule has 7 nitrogen and oxygen atoms in total. The van der Waals surface area contributed by atoms with E-state index in [1.165, 1.54) is 0 Å². The van der Waals surface area contributed by atoms with Gasteiger partial charge in [-0.3, -0.25) is 14.5 Å². The SMILES string of the molecule is COc1ccc(C2C(C(=O)N3CCN(c4cccc(Cl)c4)CC3)c3ccccc3C(=O)N2c2ccc(OC)cc2)cc1. The average molecular weight is 582 g/mol. The molecule has 4 aromatic carbocycles. The normalized spacial score (nSPS) is 18.5. The van der Waals surface area contributed by atoms with Gasteiger partial charge in [0, 0.05) is 48.1 Å². The Hall–Kier alpha value is -4.49. The lowest BCUT2D eigenvalue weighted by molar-refractivity contribution is -0.133. The monoisotopic (exact) mass is 581 g/mol. The first-order valence-electron chi connectivity index (χ1n) is 14.0. The lowest BCUT2D eigenvalue weighted by atomic mass is 9.78. The van der Waals surface area contributed by atoms with Crippen LogP contribution >= 0.6 is 11.6 Å². The van der Waals surface area contributed by atoms with Crippen molar-refractivity contribution in [2.24, 2.45) is 0 Å². The van der Waals surface area contributed by atoms with E-state index in [4.69, 9.17) is 21.1 Å². The van der Waals surface area contributed by atoms with Crippen molar-refractivity contribution in [3.05, 3.63) is 119 Å². The van der Waals surface area contributed by atoms with Crippen LogP contribution in [0.3, 0.4) is 0 Å². The summed E-state index contributed by atoms with van der Waals surface area (Å²) in [7, 11) is 3.23. The van der Waals surface area contributed by atoms with Crippen molar-refractivity contribution < 1.29 is 19.1 Å². The van der Waals surface area contributed by atoms with Gasteiger partial charge in [-0.15, -0.1) is 0 Å². The van der Waals surface area contributed by atoms with E-state index in [1.54, 1.807) is 19.1 Å². The third kappa shape index (κ3) is 5.16. The largest absolute Gasteiger partial charge is 0.497 e. The van der Waals surface area contributed by atoms with Gasteiger partial charge in [0.1, 0.15) is 11.5 Å². The number of amides is 2. The fourth-order valence-electron chi connectivity index (χ4n) is 6.02. The highest BCUT2D eigenvalue weighted by atomic mass is 35.5. The third-order valence-corrected chi connectivity index (χ3v) is 8.41. The highest BCUT2D eigenvalue weighted by molar-refractivity contribution is 6.30. The van der Waals surface area contributed by atoms with Crippen molar-refractivity contribution in [1.82, 2.24) is 4.90 Å². The second kappa shape index (κ2) is 11.8. The molecule has 8 heteroatoms. The van der Waals surface area contributed by atoms with Crippen LogP contribution in [-0.2, 0) is 4.79 Å². The van der Waals surface area contributed by atoms with Gasteiger partial charge in [-0.1, -0.05) is 48.0 Å². The van der Waals surface area contributed by atoms with Gasteiger partial charge in [0.05, 0.1) is 26.2 Å². The van der Waals surface area contributed by atoms with E-state index in [9.17, 15) is 9.59 Å². The molecule has 0 aromatic heterocycles. The van der Waals surface area contributed by atoms with Crippen LogP contribution in [0.4, 0.5) is 11.4 Å². The summed E-state index contributed by atoms with van der Waals surface area (Å²) in [5.74, 6) is 0.644. The predicted octanol–water partition coefficient (Wildman–Crippen LogP) is 6.19. The lowest BCUT2D eigenvalue weighted by Gasteiger charge is -2.44. The van der Waals surface area contributed by atoms with E-state index >= 15 is 0 Å². The number of nitrogens with zero attached hydrogens (tertiary/aromatic N) is 3. The third-order valence-electron chi connectivity index (χ3n) is 8.18. The molecule has 2 heterocycles. The zero-order valence-electron chi connectivity index (χ0n) is 23.6. The highest BCUT2D eigenvalue weighted by Crippen LogP contribution is 2.46. The van der Waals surface area contributed by atoms with Gasteiger partial charge in [-0.05, 0) is 71.8 Å². The number of fused-ring (bicyclic) bond motifs is 1. The summed E-state index contributed by atoms with van der Waals surface area (Å²) in [6.45, 7) is 2.51. The summed E-state index contributed by atoms with van der Waals surface area (Å²) in [5, 5.41) is 0.690. The van der Waals surface area contributed by atoms with Crippen LogP contribution in [0.5, 0.6) is 11.5 Å². The molecule has 2 aliphatic rings. The maximum absolute atomic E-state index is 14.6. The fraction of sp³-hybridized carbons (Fsp3) is 0.235. The van der Waals surface area contributed by atoms with Crippen molar-refractivity contribution in [3.63, 3.8) is 0 Å². The van der Waals surface area contributed by atoms with Gasteiger partial charge in [0.15, 0.2) is 0 Å². The molecule has 1 fully saturated rings. The van der Waals surface area contributed by atoms with E-state index < -0.39 is 12.0 Å². The van der Waals surface area contributed by atoms with Crippen LogP contribution in [-0.4, -0.2) is 57.1 Å². The minimum atomic E-state index is -0.605. The quantitative estimate of drug-likeness (QED) is 0.272. The van der Waals surface area contributed by atoms with Crippen LogP contribution in [0.25, 0.3) is 0 Å². The molecule has 0 radical (unpaired) electrons. The molecule has 2 aliphatic heterocycles. The Morgan fingerprint density at radius 1 is 0.762 bits per heavy atom. The Kier molecular flexibility index (Phi) is 7.76. The van der Waals surface area contributed by atoms with Gasteiger partial charge in [0.25, 0.3) is 5.91 Å². The molecule has 2 atom stereocenters. The standard InChI is InChI=1S/C34H32ClN3O4/c1-41-27-14-10-23(11-15-27)32-31(34(40)37-20-18-36(19-21-37)26-7-5-6-24(35)22-26)29-8-3-4-9-30(29)33(39)38(32)25-12-16-28(42-2)17-13-25/h3-17,22,31-32H,18-21H2,1-2H3. The van der Waals surface area contributed by atoms with Crippen LogP contribution in [0.2, 0.25) is 5.02 Å². The van der Waals surface area contributed by atoms with Crippen molar-refractivity contribution >= 4 is 34.8 Å². The number of carbonyl (C=O) groups is 2. The number of halogens is 1. The van der Waals surface area contributed by atoms with Crippen LogP contribution < -0.4 is 19.3 Å². The van der Waals surface area contributed by atoms with E-state index in [1.807, 2.05) is 102 Å². The van der Waals surface area contributed by atoms with Gasteiger partial charge >= 0.3 is 0 Å². The number of hydrogen-bond donors (Lipinski definition) is 0. The molecule has 2 amide bonds. The second-order valence-electron chi connectivity index (χ2n) is 10.4. The number of benzene rings is 4. The Morgan fingerprint density at radius 2 is 1.40 bits per heavy atom. The topological polar surface area (TPSA) is 62.3 Å². The number of rotatable bonds is 6. The van der Waals surface area contributed by atoms with Crippen LogP contribution in [0.1, 0.15) is 33.4 Å². The number of anilines is 2. The van der Waals surface area contributed by atoms with Gasteiger partial charge in [-0.25, -0.2) is 0 Å². The van der Waals surface area contributed by atoms with Crippen molar-refractivity contribution in [1.29, 1.82) is 0 Å². The molecule has 0 spiro atoms. The minimum absolute atomic E-state index is 0.0000221. The molecule has 1 saturated heterocycles. The van der Waals surface area contributed by atoms with Gasteiger partial charge in [-0.2, -0.15) is 0 Å². The second-order valence-corrected chi connectivity index (χ2v) is 10.9. The smallest absolute Gasteiger partial charge is 0.259 e. The molecule has 42 heavy (non-hydrogen) atoms. The fourth-order valence-corrected chi connectivity index (χ4v) is 6.21. The molecule has 214 valence electrons. The maximum atomic E-state index is 14.6. The number of hydrogen-bond acceptors (Lipinski definition) is 5. The van der Waals surface area contributed by atoms with E-state index in [-0.39, 0.29) is 11.8 Å². The molecule has 0 saturated carbocycles. The first kappa shape index (κ1) is 27.7. The minimum Gasteiger partial charge on any atom is -0.497 e. The Bertz CT molecular complexity index is 1580. The zero-order valence-corrected chi connectivity index (χ0v) is 24.3. The molecule has 4 aromatic rings. The van der Waals surface area contributed by atoms with E-state index in [2.05, 4.69) is 4.90 Å². The Balaban J connectivity index is 1.40. The summed E-state index contributed by atoms with van der Waals surface area (Å²) in [5.41, 5.74) is 3.87. The molecule has 6 rings (SSSR count). The maximum Gasteiger partial charge on any atom is 0.259 e. The summed E-state index contributed by atoms with van der Waals surface area (Å²) >= 11 is 6.24. The summed E-state index contributed by atoms with van der Waals surface area (Å²) < 4.78 is 10.8. The zero-order chi connectivity index (χ0) is 29.2. The number of piperazine rings is 1. The average Bonchev–Trinajstić information content (AvgIpc) is 3.04. The highest BCUT2D eigenvalue weighted by Gasteiger charge is 2.46. The first-order chi connectivity index (χ1) is 20.5. The number of carbonyl (C=O) groups excluding carboxylic acids is 2. The van der Waals surface area contributed by atoms with Gasteiger partial charge in [0.2, 0.25) is 5.91 Å². The predicted molar refractivity (Wildman–Crippen MR) is 165 cm³/mol. The molecular weight excluding hydrogens is 550 g/mol. The first-order valence-corrected chi connectivity index (χ1v) is 14.4. The summed E-state index contributed by atoms with van der Waals surface area (Å²) in [6.07, 6.45) is 0. The van der Waals surface area contributed by atoms with E-state index in [0.29, 0.717) is 54.0 Å². The Morgan fingerprint density at radius 3 is 2.05 bits per heavy atom. The lowest BCUT2D eigenvalue weighted by Crippen LogP contribution is -2.53. The summed E-state index contributed by atoms with van der Waals surface area (Å²) in [4.78, 5) is 34.7. The van der Waals surface area contributed by atoms with Crippen LogP contribution in [0, 0.1) is 0 Å². The molecule has 0 bridgehead atoms. The van der Waals surface area contributed by atoms with Crippen molar-refractivity contribution in [3.8, 4) is 11.5 Å². The van der Waals surface area contributed by atoms with Crippen molar-refractivity contribution in [2.45, 2.75) is 12.0 Å². The van der Waals surface area contributed by atoms with Crippen LogP contribution in [0.15, 0.2) is 97.1 Å². The number of ether oxygens (including phenoxy) is 2. The molecule has 2 unspecified atom stereocenters.